The number of nitrogens with zero attached hydrogens (tertiary/aromatic N) is 1. The van der Waals surface area contributed by atoms with Crippen LogP contribution in [0.4, 0.5) is 0 Å². The maximum atomic E-state index is 11.8. The highest BCUT2D eigenvalue weighted by Gasteiger charge is 2.11. The molecule has 3 N–H and O–H groups in total. The van der Waals surface area contributed by atoms with Gasteiger partial charge in [0, 0.05) is 10.0 Å². The molecule has 0 aliphatic carbocycles. The van der Waals surface area contributed by atoms with E-state index >= 15 is 0 Å². The Balaban J connectivity index is 1.52. The molecule has 0 saturated heterocycles. The summed E-state index contributed by atoms with van der Waals surface area (Å²) in [6.45, 7) is 0. The van der Waals surface area contributed by atoms with Crippen LogP contribution in [0.2, 0.25) is 0 Å². The van der Waals surface area contributed by atoms with Crippen molar-refractivity contribution in [2.24, 2.45) is 5.10 Å². The molecule has 2 aromatic carbocycles. The molecule has 0 fully saturated rings. The second-order valence-electron chi connectivity index (χ2n) is 4.73. The highest BCUT2D eigenvalue weighted by molar-refractivity contribution is 9.10. The van der Waals surface area contributed by atoms with Gasteiger partial charge in [0.1, 0.15) is 0 Å². The fourth-order valence-corrected chi connectivity index (χ4v) is 3.06. The highest BCUT2D eigenvalue weighted by Crippen LogP contribution is 2.15. The summed E-state index contributed by atoms with van der Waals surface area (Å²) in [5, 5.41) is 4.81. The Morgan fingerprint density at radius 2 is 2.04 bits per heavy atom. The number of rotatable bonds is 5. The molecule has 3 rings (SSSR count). The van der Waals surface area contributed by atoms with Crippen LogP contribution in [0.25, 0.3) is 11.0 Å². The molecule has 0 radical (unpaired) electrons. The second-order valence-corrected chi connectivity index (χ2v) is 6.57. The van der Waals surface area contributed by atoms with Crippen molar-refractivity contribution in [2.45, 2.75) is 5.16 Å². The lowest BCUT2D eigenvalue weighted by Crippen LogP contribution is -2.20. The number of carbonyl (C=O) groups excluding carboxylic acids is 1. The number of amides is 1. The lowest BCUT2D eigenvalue weighted by atomic mass is 10.2. The van der Waals surface area contributed by atoms with E-state index in [0.717, 1.165) is 26.2 Å². The number of imidazole rings is 1. The molecule has 0 bridgehead atoms. The molecule has 1 heterocycles. The molecule has 5 nitrogen and oxygen atoms in total. The van der Waals surface area contributed by atoms with Crippen molar-refractivity contribution in [3.8, 4) is 0 Å². The SMILES string of the molecule is O=C(CSc1[nH]c2ccccc2[nH+]1)NN=Cc1ccccc1Br. The number of benzene rings is 2. The quantitative estimate of drug-likeness (QED) is 0.400. The molecule has 1 amide bonds. The number of halogens is 1. The van der Waals surface area contributed by atoms with Gasteiger partial charge in [0.25, 0.3) is 5.91 Å². The van der Waals surface area contributed by atoms with Crippen molar-refractivity contribution in [1.29, 1.82) is 0 Å². The highest BCUT2D eigenvalue weighted by atomic mass is 79.9. The first-order chi connectivity index (χ1) is 11.2. The van der Waals surface area contributed by atoms with Gasteiger partial charge in [-0.25, -0.2) is 15.4 Å². The van der Waals surface area contributed by atoms with E-state index in [2.05, 4.69) is 36.4 Å². The van der Waals surface area contributed by atoms with Gasteiger partial charge in [0.2, 0.25) is 0 Å². The van der Waals surface area contributed by atoms with E-state index in [1.165, 1.54) is 11.8 Å². The molecular formula is C16H14BrN4OS+. The average Bonchev–Trinajstić information content (AvgIpc) is 2.98. The lowest BCUT2D eigenvalue weighted by Gasteiger charge is -1.98. The number of aromatic amines is 2. The van der Waals surface area contributed by atoms with Crippen molar-refractivity contribution >= 4 is 50.8 Å². The molecule has 0 aliphatic heterocycles. The van der Waals surface area contributed by atoms with Gasteiger partial charge in [0.05, 0.1) is 12.0 Å². The Labute approximate surface area is 145 Å². The number of hydrazone groups is 1. The molecule has 0 aliphatic rings. The fourth-order valence-electron chi connectivity index (χ4n) is 1.97. The van der Waals surface area contributed by atoms with Crippen LogP contribution in [-0.2, 0) is 4.79 Å². The molecule has 23 heavy (non-hydrogen) atoms. The zero-order valence-electron chi connectivity index (χ0n) is 12.0. The monoisotopic (exact) mass is 389 g/mol. The maximum Gasteiger partial charge on any atom is 0.315 e. The van der Waals surface area contributed by atoms with Crippen molar-refractivity contribution in [3.63, 3.8) is 0 Å². The van der Waals surface area contributed by atoms with E-state index in [1.807, 2.05) is 48.5 Å². The predicted molar refractivity (Wildman–Crippen MR) is 95.5 cm³/mol. The summed E-state index contributed by atoms with van der Waals surface area (Å²) in [5.41, 5.74) is 5.46. The first-order valence-corrected chi connectivity index (χ1v) is 8.69. The van der Waals surface area contributed by atoms with Crippen LogP contribution in [0, 0.1) is 0 Å². The molecule has 116 valence electrons. The zero-order chi connectivity index (χ0) is 16.1. The first kappa shape index (κ1) is 15.8. The number of thioether (sulfide) groups is 1. The van der Waals surface area contributed by atoms with E-state index in [-0.39, 0.29) is 11.7 Å². The van der Waals surface area contributed by atoms with E-state index in [0.29, 0.717) is 0 Å². The van der Waals surface area contributed by atoms with Crippen LogP contribution < -0.4 is 10.4 Å². The third kappa shape index (κ3) is 4.20. The maximum absolute atomic E-state index is 11.8. The van der Waals surface area contributed by atoms with Crippen LogP contribution in [-0.4, -0.2) is 22.9 Å². The lowest BCUT2D eigenvalue weighted by molar-refractivity contribution is -0.396. The van der Waals surface area contributed by atoms with Crippen molar-refractivity contribution in [2.75, 3.05) is 5.75 Å². The number of para-hydroxylation sites is 2. The molecule has 0 atom stereocenters. The number of fused-ring (bicyclic) bond motifs is 1. The van der Waals surface area contributed by atoms with Crippen LogP contribution >= 0.6 is 27.7 Å². The standard InChI is InChI=1S/C16H13BrN4OS/c17-12-6-2-1-5-11(12)9-18-21-15(22)10-23-16-19-13-7-3-4-8-14(13)20-16/h1-9H,10H2,(H,19,20)(H,21,22)/p+1. The largest absolute Gasteiger partial charge is 0.315 e. The van der Waals surface area contributed by atoms with Crippen molar-refractivity contribution in [3.05, 3.63) is 58.6 Å². The summed E-state index contributed by atoms with van der Waals surface area (Å²) in [6.07, 6.45) is 1.61. The van der Waals surface area contributed by atoms with Crippen molar-refractivity contribution < 1.29 is 9.78 Å². The summed E-state index contributed by atoms with van der Waals surface area (Å²) in [6, 6.07) is 15.6. The van der Waals surface area contributed by atoms with Gasteiger partial charge in [-0.1, -0.05) is 46.3 Å². The first-order valence-electron chi connectivity index (χ1n) is 6.91. The Morgan fingerprint density at radius 1 is 1.26 bits per heavy atom. The number of carbonyl (C=O) groups is 1. The Hall–Kier alpha value is -2.12. The van der Waals surface area contributed by atoms with Gasteiger partial charge < -0.3 is 0 Å². The molecule has 7 heteroatoms. The molecule has 3 aromatic rings. The van der Waals surface area contributed by atoms with Crippen LogP contribution in [0.3, 0.4) is 0 Å². The third-order valence-corrected chi connectivity index (χ3v) is 4.69. The van der Waals surface area contributed by atoms with Gasteiger partial charge in [-0.2, -0.15) is 5.10 Å². The number of hydrogen-bond donors (Lipinski definition) is 2. The summed E-state index contributed by atoms with van der Waals surface area (Å²) in [5.74, 6) is 0.113. The number of hydrogen-bond acceptors (Lipinski definition) is 3. The fraction of sp³-hybridized carbons (Fsp3) is 0.0625. The van der Waals surface area contributed by atoms with Crippen LogP contribution in [0.15, 0.2) is 63.3 Å². The number of H-pyrrole nitrogens is 2. The van der Waals surface area contributed by atoms with E-state index < -0.39 is 0 Å². The number of aromatic nitrogens is 2. The van der Waals surface area contributed by atoms with Gasteiger partial charge in [0.15, 0.2) is 11.0 Å². The van der Waals surface area contributed by atoms with Crippen molar-refractivity contribution in [1.82, 2.24) is 10.4 Å². The summed E-state index contributed by atoms with van der Waals surface area (Å²) in [4.78, 5) is 18.3. The smallest absolute Gasteiger partial charge is 0.272 e. The van der Waals surface area contributed by atoms with Gasteiger partial charge in [-0.15, -0.1) is 0 Å². The van der Waals surface area contributed by atoms with Crippen LogP contribution in [0.5, 0.6) is 0 Å². The Bertz CT molecular complexity index is 829. The summed E-state index contributed by atoms with van der Waals surface area (Å²) < 4.78 is 0.931. The minimum absolute atomic E-state index is 0.162. The summed E-state index contributed by atoms with van der Waals surface area (Å²) >= 11 is 4.82. The third-order valence-electron chi connectivity index (χ3n) is 3.07. The molecule has 1 aromatic heterocycles. The second kappa shape index (κ2) is 7.43. The molecule has 0 saturated carbocycles. The average molecular weight is 390 g/mol. The Kier molecular flexibility index (Phi) is 5.09. The van der Waals surface area contributed by atoms with Gasteiger partial charge >= 0.3 is 5.16 Å². The zero-order valence-corrected chi connectivity index (χ0v) is 14.4. The molecule has 0 unspecified atom stereocenters. The normalized spacial score (nSPS) is 11.2. The van der Waals surface area contributed by atoms with Gasteiger partial charge in [-0.05, 0) is 30.0 Å². The number of nitrogens with one attached hydrogen (secondary N) is 3. The predicted octanol–water partition coefficient (Wildman–Crippen LogP) is 2.99. The topological polar surface area (TPSA) is 71.4 Å². The minimum atomic E-state index is -0.162. The molecule has 0 spiro atoms. The summed E-state index contributed by atoms with van der Waals surface area (Å²) in [7, 11) is 0. The van der Waals surface area contributed by atoms with Gasteiger partial charge in [-0.3, -0.25) is 4.79 Å². The van der Waals surface area contributed by atoms with Crippen LogP contribution in [0.1, 0.15) is 5.56 Å². The Morgan fingerprint density at radius 3 is 2.87 bits per heavy atom. The minimum Gasteiger partial charge on any atom is -0.272 e. The van der Waals surface area contributed by atoms with E-state index in [1.54, 1.807) is 6.21 Å². The van der Waals surface area contributed by atoms with E-state index in [9.17, 15) is 4.79 Å². The van der Waals surface area contributed by atoms with E-state index in [4.69, 9.17) is 0 Å². The molecular weight excluding hydrogens is 376 g/mol.